The first-order valence-electron chi connectivity index (χ1n) is 8.96. The van der Waals surface area contributed by atoms with Gasteiger partial charge in [0.25, 0.3) is 0 Å². The molecular weight excluding hydrogens is 370 g/mol. The third-order valence-electron chi connectivity index (χ3n) is 4.54. The van der Waals surface area contributed by atoms with E-state index < -0.39 is 0 Å². The number of methoxy groups -OCH3 is 1. The van der Waals surface area contributed by atoms with Gasteiger partial charge in [0.05, 0.1) is 35.7 Å². The summed E-state index contributed by atoms with van der Waals surface area (Å²) in [6.07, 6.45) is 1.66. The van der Waals surface area contributed by atoms with Crippen molar-refractivity contribution in [2.75, 3.05) is 12.4 Å². The van der Waals surface area contributed by atoms with Crippen molar-refractivity contribution in [3.63, 3.8) is 0 Å². The summed E-state index contributed by atoms with van der Waals surface area (Å²) in [6.45, 7) is -0.127. The normalized spacial score (nSPS) is 11.2. The van der Waals surface area contributed by atoms with E-state index in [1.807, 2.05) is 42.5 Å². The van der Waals surface area contributed by atoms with Crippen LogP contribution in [0.5, 0.6) is 5.88 Å². The van der Waals surface area contributed by atoms with Crippen molar-refractivity contribution in [3.8, 4) is 17.1 Å². The lowest BCUT2D eigenvalue weighted by molar-refractivity contribution is 0.273. The number of nitrogens with zero attached hydrogens (tertiary/aromatic N) is 5. The lowest BCUT2D eigenvalue weighted by Crippen LogP contribution is -1.96. The Morgan fingerprint density at radius 1 is 1.17 bits per heavy atom. The van der Waals surface area contributed by atoms with Crippen LogP contribution in [0.1, 0.15) is 7.25 Å². The minimum atomic E-state index is -0.127. The number of fused-ring (bicyclic) bond motifs is 2. The minimum Gasteiger partial charge on any atom is -0.481 e. The van der Waals surface area contributed by atoms with Gasteiger partial charge in [-0.05, 0) is 30.3 Å². The second-order valence-electron chi connectivity index (χ2n) is 6.40. The lowest BCUT2D eigenvalue weighted by atomic mass is 10.1. The summed E-state index contributed by atoms with van der Waals surface area (Å²) in [6, 6.07) is 15.3. The van der Waals surface area contributed by atoms with Crippen LogP contribution in [0.25, 0.3) is 27.9 Å². The molecule has 0 aliphatic carbocycles. The average Bonchev–Trinajstić information content (AvgIpc) is 3.36. The number of aliphatic hydroxyl groups is 1. The maximum atomic E-state index is 9.28. The van der Waals surface area contributed by atoms with Gasteiger partial charge in [-0.2, -0.15) is 4.98 Å². The zero-order chi connectivity index (χ0) is 19.8. The highest BCUT2D eigenvalue weighted by atomic mass is 16.5. The smallest absolute Gasteiger partial charge is 0.247 e. The van der Waals surface area contributed by atoms with Crippen molar-refractivity contribution in [3.05, 3.63) is 60.6 Å². The number of anilines is 2. The van der Waals surface area contributed by atoms with Crippen LogP contribution < -0.4 is 10.1 Å². The van der Waals surface area contributed by atoms with Crippen molar-refractivity contribution >= 4 is 28.3 Å². The molecule has 0 bridgehead atoms. The van der Waals surface area contributed by atoms with E-state index in [-0.39, 0.29) is 8.03 Å². The van der Waals surface area contributed by atoms with E-state index in [2.05, 4.69) is 30.4 Å². The fraction of sp³-hybridized carbons (Fsp3) is 0.100. The van der Waals surface area contributed by atoms with Gasteiger partial charge >= 0.3 is 0 Å². The van der Waals surface area contributed by atoms with Crippen LogP contribution in [0, 0.1) is 0 Å². The van der Waals surface area contributed by atoms with Crippen LogP contribution in [0.4, 0.5) is 11.6 Å². The number of rotatable bonds is 5. The molecule has 9 heteroatoms. The highest BCUT2D eigenvalue weighted by Crippen LogP contribution is 2.25. The third kappa shape index (κ3) is 3.13. The molecule has 9 nitrogen and oxygen atoms in total. The van der Waals surface area contributed by atoms with Gasteiger partial charge in [0.2, 0.25) is 11.8 Å². The van der Waals surface area contributed by atoms with Crippen LogP contribution in [0.3, 0.4) is 0 Å². The van der Waals surface area contributed by atoms with Gasteiger partial charge in [-0.15, -0.1) is 5.10 Å². The van der Waals surface area contributed by atoms with Gasteiger partial charge in [0.1, 0.15) is 12.4 Å². The van der Waals surface area contributed by atoms with Crippen molar-refractivity contribution < 1.29 is 11.3 Å². The molecule has 0 atom stereocenters. The van der Waals surface area contributed by atoms with Gasteiger partial charge in [0, 0.05) is 13.1 Å². The standard InChI is InChI=1S/C20H17N7O2.H2/c1-29-19-8-6-13(10-21-19)22-20-25-18-4-2-3-16(27(18)26-20)12-5-7-14-15(9-12)24-17(11-28)23-14;/h2-10,28H,11H2,1H3,(H,22,26)(H,23,24);1H. The number of aliphatic hydroxyl groups excluding tert-OH is 1. The van der Waals surface area contributed by atoms with Crippen LogP contribution in [0.15, 0.2) is 54.7 Å². The van der Waals surface area contributed by atoms with E-state index in [4.69, 9.17) is 4.74 Å². The SMILES string of the molecule is COc1ccc(Nc2nc3cccc(-c4ccc5nc(CO)[nH]c5c4)n3n2)cn1.[HH]. The number of hydrogen-bond donors (Lipinski definition) is 3. The number of imidazole rings is 1. The molecule has 5 aromatic rings. The molecule has 1 aromatic carbocycles. The fourth-order valence-electron chi connectivity index (χ4n) is 3.18. The number of nitrogens with one attached hydrogen (secondary N) is 2. The number of benzene rings is 1. The zero-order valence-electron chi connectivity index (χ0n) is 15.5. The molecule has 0 spiro atoms. The largest absolute Gasteiger partial charge is 0.481 e. The molecule has 0 aliphatic rings. The van der Waals surface area contributed by atoms with Crippen LogP contribution in [-0.2, 0) is 6.61 Å². The summed E-state index contributed by atoms with van der Waals surface area (Å²) in [5.41, 5.74) is 4.98. The summed E-state index contributed by atoms with van der Waals surface area (Å²) < 4.78 is 6.86. The summed E-state index contributed by atoms with van der Waals surface area (Å²) in [4.78, 5) is 16.2. The van der Waals surface area contributed by atoms with E-state index in [1.165, 1.54) is 0 Å². The number of aromatic amines is 1. The van der Waals surface area contributed by atoms with Crippen molar-refractivity contribution in [1.29, 1.82) is 0 Å². The van der Waals surface area contributed by atoms with Gasteiger partial charge in [-0.25, -0.2) is 14.5 Å². The van der Waals surface area contributed by atoms with Crippen molar-refractivity contribution in [2.45, 2.75) is 6.61 Å². The summed E-state index contributed by atoms with van der Waals surface area (Å²) in [5.74, 6) is 1.55. The minimum absolute atomic E-state index is 0. The third-order valence-corrected chi connectivity index (χ3v) is 4.54. The predicted molar refractivity (Wildman–Crippen MR) is 110 cm³/mol. The highest BCUT2D eigenvalue weighted by molar-refractivity contribution is 5.81. The maximum absolute atomic E-state index is 9.28. The monoisotopic (exact) mass is 389 g/mol. The second-order valence-corrected chi connectivity index (χ2v) is 6.40. The Balaban J connectivity index is 0.00000218. The van der Waals surface area contributed by atoms with Crippen molar-refractivity contribution in [2.24, 2.45) is 0 Å². The van der Waals surface area contributed by atoms with Crippen LogP contribution >= 0.6 is 0 Å². The molecule has 0 fully saturated rings. The molecule has 0 saturated carbocycles. The Kier molecular flexibility index (Phi) is 4.07. The zero-order valence-corrected chi connectivity index (χ0v) is 15.5. The van der Waals surface area contributed by atoms with E-state index in [1.54, 1.807) is 23.9 Å². The topological polar surface area (TPSA) is 113 Å². The Morgan fingerprint density at radius 2 is 2.10 bits per heavy atom. The fourth-order valence-corrected chi connectivity index (χ4v) is 3.18. The van der Waals surface area contributed by atoms with E-state index >= 15 is 0 Å². The molecule has 4 heterocycles. The molecule has 29 heavy (non-hydrogen) atoms. The lowest BCUT2D eigenvalue weighted by Gasteiger charge is -2.04. The maximum Gasteiger partial charge on any atom is 0.247 e. The molecule has 5 rings (SSSR count). The van der Waals surface area contributed by atoms with Gasteiger partial charge < -0.3 is 20.1 Å². The average molecular weight is 389 g/mol. The number of pyridine rings is 2. The Hall–Kier alpha value is -3.98. The molecule has 146 valence electrons. The molecule has 0 unspecified atom stereocenters. The second kappa shape index (κ2) is 6.88. The Morgan fingerprint density at radius 3 is 2.90 bits per heavy atom. The summed E-state index contributed by atoms with van der Waals surface area (Å²) in [5, 5.41) is 17.0. The van der Waals surface area contributed by atoms with Gasteiger partial charge in [0.15, 0.2) is 5.65 Å². The van der Waals surface area contributed by atoms with Gasteiger partial charge in [-0.3, -0.25) is 0 Å². The molecular formula is C20H19N7O2. The first-order chi connectivity index (χ1) is 14.2. The molecule has 3 N–H and O–H groups in total. The molecule has 0 amide bonds. The molecule has 0 aliphatic heterocycles. The first kappa shape index (κ1) is 17.1. The van der Waals surface area contributed by atoms with Crippen molar-refractivity contribution in [1.82, 2.24) is 29.5 Å². The van der Waals surface area contributed by atoms with Crippen LogP contribution in [-0.4, -0.2) is 41.8 Å². The van der Waals surface area contributed by atoms with E-state index in [0.29, 0.717) is 23.3 Å². The quantitative estimate of drug-likeness (QED) is 0.423. The number of ether oxygens (including phenoxy) is 1. The Bertz CT molecular complexity index is 1310. The van der Waals surface area contributed by atoms with Gasteiger partial charge in [-0.1, -0.05) is 12.1 Å². The number of aromatic nitrogens is 6. The highest BCUT2D eigenvalue weighted by Gasteiger charge is 2.11. The first-order valence-corrected chi connectivity index (χ1v) is 8.96. The van der Waals surface area contributed by atoms with Crippen LogP contribution in [0.2, 0.25) is 0 Å². The number of H-pyrrole nitrogens is 1. The molecule has 0 radical (unpaired) electrons. The molecule has 0 saturated heterocycles. The van der Waals surface area contributed by atoms with E-state index in [9.17, 15) is 5.11 Å². The molecule has 4 aromatic heterocycles. The Labute approximate surface area is 166 Å². The van der Waals surface area contributed by atoms with E-state index in [0.717, 1.165) is 28.0 Å². The number of hydrogen-bond acceptors (Lipinski definition) is 7. The predicted octanol–water partition coefficient (Wildman–Crippen LogP) is 3.16. The summed E-state index contributed by atoms with van der Waals surface area (Å²) in [7, 11) is 1.58. The summed E-state index contributed by atoms with van der Waals surface area (Å²) >= 11 is 0.